The van der Waals surface area contributed by atoms with Crippen molar-refractivity contribution in [1.29, 1.82) is 0 Å². The Morgan fingerprint density at radius 2 is 1.81 bits per heavy atom. The van der Waals surface area contributed by atoms with Crippen molar-refractivity contribution in [2.75, 3.05) is 6.56 Å². The Balaban J connectivity index is 2.96. The van der Waals surface area contributed by atoms with Crippen LogP contribution in [0.4, 0.5) is 4.79 Å². The van der Waals surface area contributed by atoms with Crippen molar-refractivity contribution in [2.45, 2.75) is 78.6 Å². The van der Waals surface area contributed by atoms with Crippen molar-refractivity contribution in [1.82, 2.24) is 5.32 Å². The Kier molecular flexibility index (Phi) is 6.78. The van der Waals surface area contributed by atoms with E-state index in [0.29, 0.717) is 11.3 Å². The summed E-state index contributed by atoms with van der Waals surface area (Å²) in [6.45, 7) is 10.6. The van der Waals surface area contributed by atoms with Crippen LogP contribution < -0.4 is 10.1 Å². The number of ether oxygens (including phenoxy) is 2. The van der Waals surface area contributed by atoms with E-state index in [9.17, 15) is 9.90 Å². The van der Waals surface area contributed by atoms with Gasteiger partial charge in [-0.2, -0.15) is 0 Å². The molecule has 0 aliphatic heterocycles. The lowest BCUT2D eigenvalue weighted by atomic mass is 9.92. The molecule has 0 radical (unpaired) electrons. The molecule has 5 heteroatoms. The molecule has 5 nitrogen and oxygen atoms in total. The number of aliphatic hydroxyl groups is 1. The van der Waals surface area contributed by atoms with Gasteiger partial charge in [0.15, 0.2) is 0 Å². The zero-order chi connectivity index (χ0) is 21.8. The Morgan fingerprint density at radius 3 is 2.27 bits per heavy atom. The monoisotopic (exact) mass is 367 g/mol. The van der Waals surface area contributed by atoms with E-state index < -0.39 is 29.9 Å². The molecule has 0 fully saturated rings. The second kappa shape index (κ2) is 9.26. The number of rotatable bonds is 8. The molecule has 0 aromatic heterocycles. The van der Waals surface area contributed by atoms with E-state index in [2.05, 4.69) is 5.32 Å². The smallest absolute Gasteiger partial charge is 0.408 e. The van der Waals surface area contributed by atoms with Gasteiger partial charge in [0.1, 0.15) is 11.4 Å². The van der Waals surface area contributed by atoms with Crippen LogP contribution in [0.1, 0.15) is 75.7 Å². The van der Waals surface area contributed by atoms with Crippen molar-refractivity contribution < 1.29 is 22.1 Å². The maximum atomic E-state index is 12.2. The van der Waals surface area contributed by atoms with Crippen LogP contribution in [0.15, 0.2) is 24.3 Å². The van der Waals surface area contributed by atoms with Crippen molar-refractivity contribution in [3.63, 3.8) is 0 Å². The van der Waals surface area contributed by atoms with Crippen LogP contribution in [0, 0.1) is 5.92 Å². The van der Waals surface area contributed by atoms with Gasteiger partial charge in [-0.3, -0.25) is 0 Å². The van der Waals surface area contributed by atoms with Gasteiger partial charge in [0.25, 0.3) is 0 Å². The van der Waals surface area contributed by atoms with Crippen molar-refractivity contribution in [3.05, 3.63) is 29.8 Å². The van der Waals surface area contributed by atoms with Crippen molar-refractivity contribution >= 4 is 6.09 Å². The summed E-state index contributed by atoms with van der Waals surface area (Å²) in [5.41, 5.74) is -1.22. The fraction of sp³-hybridized carbons (Fsp3) is 0.667. The van der Waals surface area contributed by atoms with Gasteiger partial charge in [0.2, 0.25) is 0 Å². The van der Waals surface area contributed by atoms with E-state index in [4.69, 9.17) is 12.2 Å². The summed E-state index contributed by atoms with van der Waals surface area (Å²) in [6.07, 6.45) is 0.989. The van der Waals surface area contributed by atoms with Crippen molar-refractivity contribution in [3.8, 4) is 5.75 Å². The van der Waals surface area contributed by atoms with Crippen LogP contribution in [0.2, 0.25) is 0 Å². The maximum Gasteiger partial charge on any atom is 0.408 e. The first kappa shape index (κ1) is 19.0. The van der Waals surface area contributed by atoms with Gasteiger partial charge in [-0.1, -0.05) is 32.4 Å². The minimum absolute atomic E-state index is 0.241. The van der Waals surface area contributed by atoms with E-state index in [1.807, 2.05) is 13.8 Å². The van der Waals surface area contributed by atoms with Gasteiger partial charge in [-0.05, 0) is 64.7 Å². The van der Waals surface area contributed by atoms with Crippen LogP contribution in [-0.2, 0) is 4.74 Å². The standard InChI is InChI=1S/C21H35NO4/c1-8-9-15(2)14-25-17-12-10-16(11-13-17)18(21(6,7)24)22-19(23)26-20(3,4)5/h10-13,15,18,24H,8-9,14H2,1-7H3,(H,22,23)/t15-,18-/m1/s1/i14D2. The third kappa shape index (κ3) is 8.09. The Labute approximate surface area is 160 Å². The molecule has 1 amide bonds. The molecular formula is C21H35NO4. The highest BCUT2D eigenvalue weighted by molar-refractivity contribution is 5.68. The molecule has 0 heterocycles. The first-order valence-corrected chi connectivity index (χ1v) is 9.16. The summed E-state index contributed by atoms with van der Waals surface area (Å²) < 4.78 is 27.1. The zero-order valence-corrected chi connectivity index (χ0v) is 17.1. The molecule has 0 saturated carbocycles. The van der Waals surface area contributed by atoms with Gasteiger partial charge in [-0.15, -0.1) is 0 Å². The molecule has 0 aliphatic rings. The molecular weight excluding hydrogens is 330 g/mol. The first-order valence-electron chi connectivity index (χ1n) is 10.2. The third-order valence-electron chi connectivity index (χ3n) is 3.68. The fourth-order valence-corrected chi connectivity index (χ4v) is 2.48. The minimum Gasteiger partial charge on any atom is -0.493 e. The van der Waals surface area contributed by atoms with E-state index in [1.54, 1.807) is 58.9 Å². The fourth-order valence-electron chi connectivity index (χ4n) is 2.48. The molecule has 148 valence electrons. The number of benzene rings is 1. The molecule has 0 aliphatic carbocycles. The third-order valence-corrected chi connectivity index (χ3v) is 3.68. The average molecular weight is 368 g/mol. The number of alkyl carbamates (subject to hydrolysis) is 1. The van der Waals surface area contributed by atoms with E-state index >= 15 is 0 Å². The number of carbonyl (C=O) groups is 1. The van der Waals surface area contributed by atoms with E-state index in [-0.39, 0.29) is 5.92 Å². The zero-order valence-electron chi connectivity index (χ0n) is 19.1. The maximum absolute atomic E-state index is 12.2. The summed E-state index contributed by atoms with van der Waals surface area (Å²) in [5.74, 6) is 0.151. The quantitative estimate of drug-likeness (QED) is 0.690. The Hall–Kier alpha value is -1.75. The highest BCUT2D eigenvalue weighted by Gasteiger charge is 2.31. The van der Waals surface area contributed by atoms with Gasteiger partial charge in [0, 0.05) is 0 Å². The lowest BCUT2D eigenvalue weighted by Crippen LogP contribution is -2.44. The van der Waals surface area contributed by atoms with Crippen LogP contribution in [-0.4, -0.2) is 29.0 Å². The van der Waals surface area contributed by atoms with Gasteiger partial charge in [-0.25, -0.2) is 4.79 Å². The lowest BCUT2D eigenvalue weighted by Gasteiger charge is -2.31. The number of amides is 1. The van der Waals surface area contributed by atoms with Crippen LogP contribution in [0.5, 0.6) is 5.75 Å². The normalized spacial score (nSPS) is 16.2. The summed E-state index contributed by atoms with van der Waals surface area (Å²) in [5, 5.41) is 13.2. The number of carbonyl (C=O) groups excluding carboxylic acids is 1. The number of hydrogen-bond acceptors (Lipinski definition) is 4. The predicted molar refractivity (Wildman–Crippen MR) is 104 cm³/mol. The SMILES string of the molecule is [2H]C([2H])(Oc1ccc([C@@H](NC(=O)OC(C)(C)C)C(C)(C)O)cc1)[C@H](C)CCC. The van der Waals surface area contributed by atoms with E-state index in [1.165, 1.54) is 0 Å². The topological polar surface area (TPSA) is 67.8 Å². The largest absolute Gasteiger partial charge is 0.493 e. The second-order valence-electron chi connectivity index (χ2n) is 8.21. The lowest BCUT2D eigenvalue weighted by molar-refractivity contribution is 0.0163. The predicted octanol–water partition coefficient (Wildman–Crippen LogP) is 4.84. The van der Waals surface area contributed by atoms with Gasteiger partial charge < -0.3 is 19.9 Å². The van der Waals surface area contributed by atoms with E-state index in [0.717, 1.165) is 12.8 Å². The molecule has 1 aromatic carbocycles. The molecule has 0 unspecified atom stereocenters. The van der Waals surface area contributed by atoms with Crippen molar-refractivity contribution in [2.24, 2.45) is 5.92 Å². The summed E-state index contributed by atoms with van der Waals surface area (Å²) >= 11 is 0. The molecule has 1 rings (SSSR count). The van der Waals surface area contributed by atoms with Gasteiger partial charge >= 0.3 is 6.09 Å². The number of nitrogens with one attached hydrogen (secondary N) is 1. The highest BCUT2D eigenvalue weighted by Crippen LogP contribution is 2.28. The summed E-state index contributed by atoms with van der Waals surface area (Å²) in [6, 6.07) is 5.99. The Bertz CT molecular complexity index is 633. The Morgan fingerprint density at radius 1 is 1.23 bits per heavy atom. The molecule has 0 bridgehead atoms. The van der Waals surface area contributed by atoms with Crippen LogP contribution in [0.3, 0.4) is 0 Å². The minimum atomic E-state index is -1.78. The first-order chi connectivity index (χ1) is 12.7. The molecule has 2 atom stereocenters. The molecule has 1 aromatic rings. The molecule has 0 spiro atoms. The van der Waals surface area contributed by atoms with Crippen LogP contribution in [0.25, 0.3) is 0 Å². The summed E-state index contributed by atoms with van der Waals surface area (Å²) in [7, 11) is 0. The molecule has 0 saturated heterocycles. The molecule has 2 N–H and O–H groups in total. The molecule has 26 heavy (non-hydrogen) atoms. The van der Waals surface area contributed by atoms with Crippen LogP contribution >= 0.6 is 0 Å². The van der Waals surface area contributed by atoms with Gasteiger partial charge in [0.05, 0.1) is 20.9 Å². The number of hydrogen-bond donors (Lipinski definition) is 2. The highest BCUT2D eigenvalue weighted by atomic mass is 16.6. The second-order valence-corrected chi connectivity index (χ2v) is 8.21. The summed E-state index contributed by atoms with van der Waals surface area (Å²) in [4.78, 5) is 12.2. The average Bonchev–Trinajstić information content (AvgIpc) is 2.51.